The number of anilines is 4. The summed E-state index contributed by atoms with van der Waals surface area (Å²) in [6.07, 6.45) is 0.638. The van der Waals surface area contributed by atoms with E-state index in [1.165, 1.54) is 65.0 Å². The minimum atomic E-state index is -0.607. The van der Waals surface area contributed by atoms with Crippen LogP contribution in [0.3, 0.4) is 0 Å². The summed E-state index contributed by atoms with van der Waals surface area (Å²) >= 11 is 0. The minimum absolute atomic E-state index is 0.0380. The van der Waals surface area contributed by atoms with Crippen molar-refractivity contribution in [2.24, 2.45) is 16.1 Å². The fraction of sp³-hybridized carbons (Fsp3) is 0.444. The van der Waals surface area contributed by atoms with Crippen molar-refractivity contribution in [1.29, 1.82) is 0 Å². The Hall–Kier alpha value is -6.86. The van der Waals surface area contributed by atoms with E-state index >= 15 is 0 Å². The number of cyclic esters (lactones) is 2. The van der Waals surface area contributed by atoms with Gasteiger partial charge in [-0.05, 0) is 43.3 Å². The maximum absolute atomic E-state index is 14.7. The number of carbonyl (C=O) groups excluding carboxylic acids is 6. The zero-order valence-corrected chi connectivity index (χ0v) is 33.5. The number of nitrogens with zero attached hydrogens (tertiary/aromatic N) is 8. The number of carbonyl (C=O) groups is 6. The SMILES string of the molecule is CC(=O)NC[C@H]1CN(c2ccc(N3C=NN(CC(=O)NO)CC3)c(F)c2)C(=O)O1.CCOC(=O)CN1CCN(c2ccc(N3C[C@H](CNC(C)=O)OC3=O)cc2F)C=N1.NO. The summed E-state index contributed by atoms with van der Waals surface area (Å²) < 4.78 is 44.7. The number of nitrogens with one attached hydrogen (secondary N) is 3. The van der Waals surface area contributed by atoms with Gasteiger partial charge in [-0.1, -0.05) is 0 Å². The fourth-order valence-electron chi connectivity index (χ4n) is 6.10. The predicted octanol–water partition coefficient (Wildman–Crippen LogP) is 0.107. The summed E-state index contributed by atoms with van der Waals surface area (Å²) in [7, 11) is 0. The highest BCUT2D eigenvalue weighted by atomic mass is 19.1. The van der Waals surface area contributed by atoms with Crippen LogP contribution in [0.15, 0.2) is 46.6 Å². The van der Waals surface area contributed by atoms with E-state index in [1.807, 2.05) is 0 Å². The molecule has 6 rings (SSSR count). The van der Waals surface area contributed by atoms with E-state index in [9.17, 15) is 37.5 Å². The molecule has 2 aromatic carbocycles. The number of hydrogen-bond donors (Lipinski definition) is 6. The Morgan fingerprint density at radius 1 is 0.770 bits per heavy atom. The van der Waals surface area contributed by atoms with Gasteiger partial charge in [0.25, 0.3) is 5.91 Å². The molecule has 4 aliphatic heterocycles. The molecule has 0 aliphatic carbocycles. The van der Waals surface area contributed by atoms with Gasteiger partial charge in [0.05, 0.1) is 68.6 Å². The molecule has 0 radical (unpaired) electrons. The first kappa shape index (κ1) is 46.8. The molecule has 23 nitrogen and oxygen atoms in total. The monoisotopic (exact) mass is 862 g/mol. The van der Waals surface area contributed by atoms with Crippen molar-refractivity contribution in [3.8, 4) is 0 Å². The molecular weight excluding hydrogens is 814 g/mol. The first-order valence-electron chi connectivity index (χ1n) is 18.7. The standard InChI is InChI=1S/C19H24FN5O5.C17H21FN6O5.H3NO/c1-3-29-18(27)11-24-7-6-23(12-22-24)17-5-4-14(8-16(17)20)25-10-15(30-19(25)28)9-21-13(2)26;1-11(25)19-7-13-8-24(17(27)29-13)12-2-3-15(14(18)6-12)22-4-5-23(20-10-22)9-16(26)21-28;1-2/h4-5,8,12,15H,3,6-7,9-11H2,1-2H3,(H,21,26);2-3,6,10,13,28H,4-5,7-9H2,1H3,(H,19,25)(H,21,26);2H,1H2/t15-;13-;/m00./s1. The van der Waals surface area contributed by atoms with Gasteiger partial charge in [0.15, 0.2) is 0 Å². The number of benzene rings is 2. The third kappa shape index (κ3) is 13.3. The molecule has 4 heterocycles. The van der Waals surface area contributed by atoms with E-state index in [0.29, 0.717) is 49.8 Å². The molecule has 4 aliphatic rings. The van der Waals surface area contributed by atoms with Crippen LogP contribution in [-0.2, 0) is 33.4 Å². The van der Waals surface area contributed by atoms with E-state index in [-0.39, 0.29) is 62.7 Å². The molecular formula is C36H48F2N12O11. The van der Waals surface area contributed by atoms with Crippen molar-refractivity contribution < 1.29 is 62.2 Å². The molecule has 0 spiro atoms. The Kier molecular flexibility index (Phi) is 17.3. The molecule has 7 N–H and O–H groups in total. The number of nitrogens with two attached hydrogens (primary N) is 1. The number of amides is 5. The fourth-order valence-corrected chi connectivity index (χ4v) is 6.10. The Morgan fingerprint density at radius 3 is 1.57 bits per heavy atom. The third-order valence-electron chi connectivity index (χ3n) is 8.98. The van der Waals surface area contributed by atoms with Crippen LogP contribution < -0.4 is 41.6 Å². The number of ether oxygens (including phenoxy) is 3. The third-order valence-corrected chi connectivity index (χ3v) is 8.98. The van der Waals surface area contributed by atoms with Gasteiger partial charge in [0.2, 0.25) is 11.8 Å². The molecule has 332 valence electrons. The Bertz CT molecular complexity index is 1960. The number of hydrazone groups is 2. The molecule has 0 saturated carbocycles. The first-order valence-corrected chi connectivity index (χ1v) is 18.7. The molecule has 25 heteroatoms. The van der Waals surface area contributed by atoms with Gasteiger partial charge in [-0.15, -0.1) is 0 Å². The Balaban J connectivity index is 0.000000258. The van der Waals surface area contributed by atoms with Crippen molar-refractivity contribution in [2.75, 3.05) is 91.7 Å². The molecule has 2 atom stereocenters. The summed E-state index contributed by atoms with van der Waals surface area (Å²) in [6, 6.07) is 8.81. The number of halogens is 2. The van der Waals surface area contributed by atoms with Crippen LogP contribution in [0.4, 0.5) is 41.1 Å². The second-order valence-electron chi connectivity index (χ2n) is 13.3. The van der Waals surface area contributed by atoms with Gasteiger partial charge >= 0.3 is 18.2 Å². The maximum atomic E-state index is 14.7. The van der Waals surface area contributed by atoms with Crippen molar-refractivity contribution in [3.63, 3.8) is 0 Å². The van der Waals surface area contributed by atoms with Gasteiger partial charge in [0, 0.05) is 26.9 Å². The van der Waals surface area contributed by atoms with Crippen LogP contribution in [0.1, 0.15) is 20.8 Å². The van der Waals surface area contributed by atoms with E-state index in [1.54, 1.807) is 39.9 Å². The second kappa shape index (κ2) is 22.5. The van der Waals surface area contributed by atoms with Crippen LogP contribution in [0.2, 0.25) is 0 Å². The van der Waals surface area contributed by atoms with Crippen LogP contribution in [0.25, 0.3) is 0 Å². The molecule has 0 bridgehead atoms. The van der Waals surface area contributed by atoms with Crippen LogP contribution in [-0.4, -0.2) is 153 Å². The lowest BCUT2D eigenvalue weighted by molar-refractivity contribution is -0.144. The zero-order chi connectivity index (χ0) is 44.6. The topological polar surface area (TPSA) is 277 Å². The van der Waals surface area contributed by atoms with Crippen LogP contribution >= 0.6 is 0 Å². The molecule has 0 aromatic heterocycles. The second-order valence-corrected chi connectivity index (χ2v) is 13.3. The number of esters is 1. The van der Waals surface area contributed by atoms with Crippen molar-refractivity contribution in [1.82, 2.24) is 26.1 Å². The minimum Gasteiger partial charge on any atom is -0.465 e. The van der Waals surface area contributed by atoms with Crippen molar-refractivity contribution in [2.45, 2.75) is 33.0 Å². The first-order chi connectivity index (χ1) is 29.2. The highest BCUT2D eigenvalue weighted by Crippen LogP contribution is 2.29. The van der Waals surface area contributed by atoms with Crippen molar-refractivity contribution in [3.05, 3.63) is 48.0 Å². The zero-order valence-electron chi connectivity index (χ0n) is 33.5. The number of rotatable bonds is 13. The molecule has 0 unspecified atom stereocenters. The molecule has 2 aromatic rings. The van der Waals surface area contributed by atoms with E-state index in [0.717, 1.165) is 0 Å². The highest BCUT2D eigenvalue weighted by Gasteiger charge is 2.34. The summed E-state index contributed by atoms with van der Waals surface area (Å²) in [4.78, 5) is 74.7. The number of hydroxylamine groups is 1. The van der Waals surface area contributed by atoms with E-state index < -0.39 is 41.9 Å². The lowest BCUT2D eigenvalue weighted by Gasteiger charge is -2.29. The van der Waals surface area contributed by atoms with Gasteiger partial charge in [-0.2, -0.15) is 10.2 Å². The van der Waals surface area contributed by atoms with Gasteiger partial charge in [0.1, 0.15) is 49.6 Å². The largest absolute Gasteiger partial charge is 0.465 e. The van der Waals surface area contributed by atoms with Crippen molar-refractivity contribution >= 4 is 71.3 Å². The van der Waals surface area contributed by atoms with Crippen LogP contribution in [0, 0.1) is 11.6 Å². The summed E-state index contributed by atoms with van der Waals surface area (Å²) in [5.41, 5.74) is 2.81. The Morgan fingerprint density at radius 2 is 1.21 bits per heavy atom. The quantitative estimate of drug-likeness (QED) is 0.0675. The van der Waals surface area contributed by atoms with Gasteiger partial charge in [-0.3, -0.25) is 44.2 Å². The lowest BCUT2D eigenvalue weighted by Crippen LogP contribution is -2.42. The number of hydrogen-bond acceptors (Lipinski definition) is 18. The van der Waals surface area contributed by atoms with Gasteiger partial charge < -0.3 is 39.9 Å². The summed E-state index contributed by atoms with van der Waals surface area (Å²) in [5, 5.41) is 31.4. The smallest absolute Gasteiger partial charge is 0.414 e. The average Bonchev–Trinajstić information content (AvgIpc) is 3.82. The van der Waals surface area contributed by atoms with Crippen LogP contribution in [0.5, 0.6) is 0 Å². The van der Waals surface area contributed by atoms with E-state index in [2.05, 4.69) is 26.7 Å². The lowest BCUT2D eigenvalue weighted by atomic mass is 10.2. The molecule has 2 saturated heterocycles. The Labute approximate surface area is 348 Å². The molecule has 2 fully saturated rings. The van der Waals surface area contributed by atoms with Gasteiger partial charge in [-0.25, -0.2) is 29.7 Å². The maximum Gasteiger partial charge on any atom is 0.414 e. The summed E-state index contributed by atoms with van der Waals surface area (Å²) in [5.74, 6) is 1.02. The molecule has 5 amide bonds. The predicted molar refractivity (Wildman–Crippen MR) is 213 cm³/mol. The highest BCUT2D eigenvalue weighted by molar-refractivity contribution is 5.92. The summed E-state index contributed by atoms with van der Waals surface area (Å²) in [6.45, 7) is 7.11. The molecule has 61 heavy (non-hydrogen) atoms. The van der Waals surface area contributed by atoms with E-state index in [4.69, 9.17) is 24.6 Å². The normalized spacial score (nSPS) is 18.0. The average molecular weight is 863 g/mol.